The van der Waals surface area contributed by atoms with Gasteiger partial charge in [0.1, 0.15) is 47.1 Å². The molecule has 8 rings (SSSR count). The molecule has 2 aliphatic rings. The summed E-state index contributed by atoms with van der Waals surface area (Å²) in [6.07, 6.45) is -3.31. The van der Waals surface area contributed by atoms with Gasteiger partial charge < -0.3 is 33.2 Å². The molecular weight excluding hydrogens is 668 g/mol. The zero-order valence-electron chi connectivity index (χ0n) is 27.5. The second kappa shape index (κ2) is 14.7. The second-order valence-electron chi connectivity index (χ2n) is 12.7. The summed E-state index contributed by atoms with van der Waals surface area (Å²) in [5, 5.41) is 11.7. The fraction of sp³-hybridized carbons (Fsp3) is 0.214. The molecule has 1 N–H and O–H groups in total. The smallest absolute Gasteiger partial charge is 0.197 e. The highest BCUT2D eigenvalue weighted by Gasteiger charge is 2.54. The van der Waals surface area contributed by atoms with Crippen molar-refractivity contribution in [2.75, 3.05) is 6.61 Å². The van der Waals surface area contributed by atoms with Crippen LogP contribution in [-0.2, 0) is 38.8 Å². The number of phenols is 1. The maximum absolute atomic E-state index is 13.6. The average molecular weight is 703 g/mol. The van der Waals surface area contributed by atoms with Crippen LogP contribution in [0, 0.1) is 0 Å². The normalized spacial score (nSPS) is 20.8. The second-order valence-corrected chi connectivity index (χ2v) is 13.1. The summed E-state index contributed by atoms with van der Waals surface area (Å²) in [6.45, 7) is 1.16. The molecule has 2 aliphatic heterocycles. The molecule has 5 aromatic carbocycles. The molecule has 258 valence electrons. The molecule has 1 fully saturated rings. The van der Waals surface area contributed by atoms with E-state index in [9.17, 15) is 9.90 Å². The van der Waals surface area contributed by atoms with Gasteiger partial charge in [0.25, 0.3) is 0 Å². The zero-order chi connectivity index (χ0) is 34.7. The summed E-state index contributed by atoms with van der Waals surface area (Å²) < 4.78 is 39.6. The van der Waals surface area contributed by atoms with Crippen LogP contribution in [0.1, 0.15) is 28.4 Å². The summed E-state index contributed by atoms with van der Waals surface area (Å²) in [6, 6.07) is 39.5. The van der Waals surface area contributed by atoms with Crippen LogP contribution in [0.4, 0.5) is 0 Å². The van der Waals surface area contributed by atoms with Gasteiger partial charge in [0.2, 0.25) is 0 Å². The standard InChI is InChI=1S/C42H35ClO8/c43-30-18-16-29(17-19-30)33-20-31(44)36-32(45)21-34-37(39(36)49-33)40-42(50-34)41(48-24-28-14-8-3-9-15-28)38(47-23-27-12-6-2-7-13-27)35(51-40)25-46-22-26-10-4-1-5-11-26/h1-21,35,38,40-42,45H,22-25H2/t35-,38-,40+,41+,42-/m1/s1. The van der Waals surface area contributed by atoms with Gasteiger partial charge in [-0.2, -0.15) is 0 Å². The lowest BCUT2D eigenvalue weighted by molar-refractivity contribution is -0.250. The van der Waals surface area contributed by atoms with E-state index in [1.165, 1.54) is 12.1 Å². The lowest BCUT2D eigenvalue weighted by Crippen LogP contribution is -2.57. The Hall–Kier alpha value is -4.96. The number of hydrogen-bond donors (Lipinski definition) is 1. The maximum atomic E-state index is 13.6. The van der Waals surface area contributed by atoms with Gasteiger partial charge in [0.15, 0.2) is 17.1 Å². The van der Waals surface area contributed by atoms with Crippen LogP contribution in [0.15, 0.2) is 137 Å². The van der Waals surface area contributed by atoms with Crippen LogP contribution in [0.5, 0.6) is 11.5 Å². The van der Waals surface area contributed by atoms with E-state index < -0.39 is 35.9 Å². The van der Waals surface area contributed by atoms with Crippen molar-refractivity contribution < 1.29 is 33.2 Å². The van der Waals surface area contributed by atoms with E-state index in [1.807, 2.05) is 91.0 Å². The van der Waals surface area contributed by atoms with Crippen molar-refractivity contribution in [2.24, 2.45) is 0 Å². The lowest BCUT2D eigenvalue weighted by Gasteiger charge is -2.43. The van der Waals surface area contributed by atoms with Crippen LogP contribution in [-0.4, -0.2) is 36.1 Å². The SMILES string of the molecule is O=c1cc(-c2ccc(Cl)cc2)oc2c3c(cc(O)c12)O[C@H]1[C@@H](OCc2ccccc2)[C@H](OCc2ccccc2)[C@@H](COCc2ccccc2)O[C@@H]31. The highest BCUT2D eigenvalue weighted by molar-refractivity contribution is 6.30. The van der Waals surface area contributed by atoms with Crippen LogP contribution < -0.4 is 10.2 Å². The molecule has 0 radical (unpaired) electrons. The molecule has 1 saturated heterocycles. The minimum absolute atomic E-state index is 0.0420. The van der Waals surface area contributed by atoms with E-state index in [0.717, 1.165) is 16.7 Å². The summed E-state index contributed by atoms with van der Waals surface area (Å²) in [5.74, 6) is 0.410. The average Bonchev–Trinajstić information content (AvgIpc) is 3.52. The fourth-order valence-electron chi connectivity index (χ4n) is 6.78. The number of ether oxygens (including phenoxy) is 5. The van der Waals surface area contributed by atoms with Crippen LogP contribution in [0.3, 0.4) is 0 Å². The summed E-state index contributed by atoms with van der Waals surface area (Å²) >= 11 is 6.14. The number of halogens is 1. The van der Waals surface area contributed by atoms with Gasteiger partial charge in [0.05, 0.1) is 32.0 Å². The summed E-state index contributed by atoms with van der Waals surface area (Å²) in [4.78, 5) is 13.6. The van der Waals surface area contributed by atoms with E-state index in [4.69, 9.17) is 39.7 Å². The van der Waals surface area contributed by atoms with Gasteiger partial charge in [0, 0.05) is 22.7 Å². The molecule has 0 unspecified atom stereocenters. The summed E-state index contributed by atoms with van der Waals surface area (Å²) in [7, 11) is 0. The molecule has 51 heavy (non-hydrogen) atoms. The molecule has 0 saturated carbocycles. The first kappa shape index (κ1) is 33.2. The molecule has 5 atom stereocenters. The Kier molecular flexibility index (Phi) is 9.58. The third kappa shape index (κ3) is 7.02. The zero-order valence-corrected chi connectivity index (χ0v) is 28.3. The Balaban J connectivity index is 1.20. The number of benzene rings is 5. The fourth-order valence-corrected chi connectivity index (χ4v) is 6.91. The molecule has 1 aromatic heterocycles. The Labute approximate surface area is 299 Å². The largest absolute Gasteiger partial charge is 0.507 e. The number of aromatic hydroxyl groups is 1. The first-order chi connectivity index (χ1) is 25.0. The van der Waals surface area contributed by atoms with Crippen LogP contribution >= 0.6 is 11.6 Å². The maximum Gasteiger partial charge on any atom is 0.197 e. The molecular formula is C42H35ClO8. The Morgan fingerprint density at radius 1 is 0.706 bits per heavy atom. The van der Waals surface area contributed by atoms with Crippen molar-refractivity contribution in [3.63, 3.8) is 0 Å². The Morgan fingerprint density at radius 3 is 1.92 bits per heavy atom. The van der Waals surface area contributed by atoms with Gasteiger partial charge in [-0.3, -0.25) is 4.79 Å². The number of rotatable bonds is 11. The Bertz CT molecular complexity index is 2160. The van der Waals surface area contributed by atoms with Gasteiger partial charge >= 0.3 is 0 Å². The van der Waals surface area contributed by atoms with Crippen molar-refractivity contribution in [3.05, 3.63) is 165 Å². The van der Waals surface area contributed by atoms with E-state index in [-0.39, 0.29) is 23.3 Å². The third-order valence-corrected chi connectivity index (χ3v) is 9.51. The Morgan fingerprint density at radius 2 is 1.29 bits per heavy atom. The molecule has 6 aromatic rings. The van der Waals surface area contributed by atoms with Crippen molar-refractivity contribution in [1.29, 1.82) is 0 Å². The first-order valence-corrected chi connectivity index (χ1v) is 17.2. The topological polar surface area (TPSA) is 96.6 Å². The van der Waals surface area contributed by atoms with Crippen molar-refractivity contribution >= 4 is 22.6 Å². The first-order valence-electron chi connectivity index (χ1n) is 16.9. The monoisotopic (exact) mass is 702 g/mol. The van der Waals surface area contributed by atoms with Crippen molar-refractivity contribution in [1.82, 2.24) is 0 Å². The van der Waals surface area contributed by atoms with E-state index in [0.29, 0.717) is 47.5 Å². The highest BCUT2D eigenvalue weighted by Crippen LogP contribution is 2.51. The van der Waals surface area contributed by atoms with Crippen molar-refractivity contribution in [3.8, 4) is 22.8 Å². The van der Waals surface area contributed by atoms with Gasteiger partial charge in [-0.1, -0.05) is 103 Å². The predicted octanol–water partition coefficient (Wildman–Crippen LogP) is 8.41. The molecule has 8 nitrogen and oxygen atoms in total. The van der Waals surface area contributed by atoms with Crippen molar-refractivity contribution in [2.45, 2.75) is 50.3 Å². The minimum Gasteiger partial charge on any atom is -0.507 e. The van der Waals surface area contributed by atoms with E-state index in [2.05, 4.69) is 0 Å². The molecule has 0 spiro atoms. The summed E-state index contributed by atoms with van der Waals surface area (Å²) in [5.41, 5.74) is 3.96. The highest BCUT2D eigenvalue weighted by atomic mass is 35.5. The van der Waals surface area contributed by atoms with Gasteiger partial charge in [-0.25, -0.2) is 0 Å². The third-order valence-electron chi connectivity index (χ3n) is 9.26. The number of hydrogen-bond acceptors (Lipinski definition) is 8. The van der Waals surface area contributed by atoms with Crippen LogP contribution in [0.2, 0.25) is 5.02 Å². The molecule has 3 heterocycles. The van der Waals surface area contributed by atoms with Gasteiger partial charge in [-0.15, -0.1) is 0 Å². The lowest BCUT2D eigenvalue weighted by atomic mass is 9.91. The predicted molar refractivity (Wildman–Crippen MR) is 193 cm³/mol. The van der Waals surface area contributed by atoms with E-state index in [1.54, 1.807) is 24.3 Å². The van der Waals surface area contributed by atoms with E-state index >= 15 is 0 Å². The molecule has 0 amide bonds. The molecule has 9 heteroatoms. The van der Waals surface area contributed by atoms with Gasteiger partial charge in [-0.05, 0) is 41.0 Å². The number of fused-ring (bicyclic) bond motifs is 5. The van der Waals surface area contributed by atoms with Crippen LogP contribution in [0.25, 0.3) is 22.3 Å². The minimum atomic E-state index is -0.741. The molecule has 0 aliphatic carbocycles. The number of phenolic OH excluding ortho intramolecular Hbond substituents is 1. The quantitative estimate of drug-likeness (QED) is 0.144. The molecule has 0 bridgehead atoms.